The molecule has 1 amide bonds. The number of benzene rings is 1. The summed E-state index contributed by atoms with van der Waals surface area (Å²) in [5.74, 6) is -0.703. The SMILES string of the molecule is O=C(c1cc(=O)[nH]c2cc(F)ccc12)N1CCc2nc[nH]c2C1. The summed E-state index contributed by atoms with van der Waals surface area (Å²) in [6, 6.07) is 5.28. The number of aromatic amines is 2. The van der Waals surface area contributed by atoms with E-state index in [4.69, 9.17) is 0 Å². The fourth-order valence-corrected chi connectivity index (χ4v) is 2.97. The molecular formula is C16H13FN4O2. The van der Waals surface area contributed by atoms with Crippen LogP contribution in [0.4, 0.5) is 4.39 Å². The van der Waals surface area contributed by atoms with Gasteiger partial charge in [-0.25, -0.2) is 9.37 Å². The molecule has 0 radical (unpaired) electrons. The van der Waals surface area contributed by atoms with Gasteiger partial charge in [-0.3, -0.25) is 9.59 Å². The largest absolute Gasteiger partial charge is 0.347 e. The van der Waals surface area contributed by atoms with Gasteiger partial charge in [0.05, 0.1) is 35.3 Å². The monoisotopic (exact) mass is 312 g/mol. The van der Waals surface area contributed by atoms with E-state index in [2.05, 4.69) is 15.0 Å². The predicted octanol–water partition coefficient (Wildman–Crippen LogP) is 1.59. The van der Waals surface area contributed by atoms with Crippen LogP contribution in [0.3, 0.4) is 0 Å². The highest BCUT2D eigenvalue weighted by molar-refractivity contribution is 6.06. The maximum Gasteiger partial charge on any atom is 0.255 e. The van der Waals surface area contributed by atoms with Crippen molar-refractivity contribution < 1.29 is 9.18 Å². The molecule has 0 bridgehead atoms. The molecule has 0 atom stereocenters. The second kappa shape index (κ2) is 5.05. The molecule has 0 spiro atoms. The Bertz CT molecular complexity index is 976. The summed E-state index contributed by atoms with van der Waals surface area (Å²) in [5.41, 5.74) is 2.05. The van der Waals surface area contributed by atoms with E-state index in [9.17, 15) is 14.0 Å². The van der Waals surface area contributed by atoms with Gasteiger partial charge in [-0.05, 0) is 18.2 Å². The van der Waals surface area contributed by atoms with Gasteiger partial charge >= 0.3 is 0 Å². The minimum atomic E-state index is -0.460. The molecule has 6 nitrogen and oxygen atoms in total. The first kappa shape index (κ1) is 13.7. The first-order chi connectivity index (χ1) is 11.1. The molecule has 0 aliphatic carbocycles. The summed E-state index contributed by atoms with van der Waals surface area (Å²) in [4.78, 5) is 36.1. The lowest BCUT2D eigenvalue weighted by atomic mass is 10.1. The van der Waals surface area contributed by atoms with E-state index < -0.39 is 11.4 Å². The van der Waals surface area contributed by atoms with E-state index in [-0.39, 0.29) is 11.5 Å². The van der Waals surface area contributed by atoms with Crippen LogP contribution in [0.5, 0.6) is 0 Å². The van der Waals surface area contributed by atoms with Crippen LogP contribution in [-0.2, 0) is 13.0 Å². The Labute approximate surface area is 130 Å². The molecule has 0 saturated heterocycles. The van der Waals surface area contributed by atoms with Crippen LogP contribution in [0.1, 0.15) is 21.7 Å². The number of halogens is 1. The molecule has 0 saturated carbocycles. The molecule has 7 heteroatoms. The number of carbonyl (C=O) groups is 1. The van der Waals surface area contributed by atoms with Crippen molar-refractivity contribution in [3.8, 4) is 0 Å². The average Bonchev–Trinajstić information content (AvgIpc) is 3.00. The van der Waals surface area contributed by atoms with Crippen molar-refractivity contribution >= 4 is 16.8 Å². The van der Waals surface area contributed by atoms with Crippen LogP contribution in [-0.4, -0.2) is 32.3 Å². The number of rotatable bonds is 1. The minimum absolute atomic E-state index is 0.243. The number of carbonyl (C=O) groups excluding carboxylic acids is 1. The van der Waals surface area contributed by atoms with Gasteiger partial charge in [0.25, 0.3) is 5.91 Å². The molecule has 2 aromatic heterocycles. The summed E-state index contributed by atoms with van der Waals surface area (Å²) >= 11 is 0. The number of hydrogen-bond donors (Lipinski definition) is 2. The molecular weight excluding hydrogens is 299 g/mol. The fraction of sp³-hybridized carbons (Fsp3) is 0.188. The van der Waals surface area contributed by atoms with Gasteiger partial charge in [0.2, 0.25) is 5.56 Å². The quantitative estimate of drug-likeness (QED) is 0.716. The van der Waals surface area contributed by atoms with Crippen LogP contribution in [0.25, 0.3) is 10.9 Å². The third kappa shape index (κ3) is 2.30. The van der Waals surface area contributed by atoms with Gasteiger partial charge in [0, 0.05) is 24.4 Å². The number of aromatic nitrogens is 3. The highest BCUT2D eigenvalue weighted by Crippen LogP contribution is 2.21. The molecule has 4 rings (SSSR count). The number of H-pyrrole nitrogens is 2. The summed E-state index contributed by atoms with van der Waals surface area (Å²) in [6.45, 7) is 0.954. The molecule has 1 aliphatic rings. The Morgan fingerprint density at radius 2 is 2.17 bits per heavy atom. The molecule has 2 N–H and O–H groups in total. The maximum absolute atomic E-state index is 13.4. The summed E-state index contributed by atoms with van der Waals surface area (Å²) in [7, 11) is 0. The molecule has 3 heterocycles. The Morgan fingerprint density at radius 3 is 3.04 bits per heavy atom. The number of amides is 1. The lowest BCUT2D eigenvalue weighted by molar-refractivity contribution is 0.0733. The van der Waals surface area contributed by atoms with E-state index in [1.54, 1.807) is 11.2 Å². The normalized spacial score (nSPS) is 14.0. The Balaban J connectivity index is 1.77. The Hall–Kier alpha value is -2.96. The first-order valence-electron chi connectivity index (χ1n) is 7.25. The third-order valence-corrected chi connectivity index (χ3v) is 4.10. The van der Waals surface area contributed by atoms with Gasteiger partial charge in [0.1, 0.15) is 5.82 Å². The minimum Gasteiger partial charge on any atom is -0.347 e. The van der Waals surface area contributed by atoms with Crippen LogP contribution in [0.2, 0.25) is 0 Å². The van der Waals surface area contributed by atoms with Gasteiger partial charge in [-0.2, -0.15) is 0 Å². The standard InChI is InChI=1S/C16H13FN4O2/c17-9-1-2-10-11(6-15(22)20-13(10)5-9)16(23)21-4-3-12-14(7-21)19-8-18-12/h1-2,5-6,8H,3-4,7H2,(H,18,19)(H,20,22). The van der Waals surface area contributed by atoms with Crippen LogP contribution in [0, 0.1) is 5.82 Å². The van der Waals surface area contributed by atoms with Crippen molar-refractivity contribution in [1.82, 2.24) is 19.9 Å². The molecule has 0 unspecified atom stereocenters. The van der Waals surface area contributed by atoms with Gasteiger partial charge in [0.15, 0.2) is 0 Å². The molecule has 1 aromatic carbocycles. The highest BCUT2D eigenvalue weighted by atomic mass is 19.1. The van der Waals surface area contributed by atoms with E-state index in [0.29, 0.717) is 30.4 Å². The Morgan fingerprint density at radius 1 is 1.30 bits per heavy atom. The van der Waals surface area contributed by atoms with Crippen molar-refractivity contribution in [2.45, 2.75) is 13.0 Å². The van der Waals surface area contributed by atoms with Gasteiger partial charge < -0.3 is 14.9 Å². The number of hydrogen-bond acceptors (Lipinski definition) is 3. The van der Waals surface area contributed by atoms with Crippen LogP contribution < -0.4 is 5.56 Å². The van der Waals surface area contributed by atoms with Crippen molar-refractivity contribution in [2.24, 2.45) is 0 Å². The maximum atomic E-state index is 13.4. The fourth-order valence-electron chi connectivity index (χ4n) is 2.97. The van der Waals surface area contributed by atoms with E-state index in [0.717, 1.165) is 11.4 Å². The van der Waals surface area contributed by atoms with Crippen LogP contribution in [0.15, 0.2) is 35.4 Å². The smallest absolute Gasteiger partial charge is 0.255 e. The molecule has 0 fully saturated rings. The third-order valence-electron chi connectivity index (χ3n) is 4.10. The molecule has 1 aliphatic heterocycles. The van der Waals surface area contributed by atoms with Crippen molar-refractivity contribution in [3.63, 3.8) is 0 Å². The number of imidazole rings is 1. The first-order valence-corrected chi connectivity index (χ1v) is 7.25. The molecule has 23 heavy (non-hydrogen) atoms. The zero-order chi connectivity index (χ0) is 16.0. The lowest BCUT2D eigenvalue weighted by Gasteiger charge is -2.26. The topological polar surface area (TPSA) is 81.8 Å². The summed E-state index contributed by atoms with van der Waals surface area (Å²) in [6.07, 6.45) is 2.28. The van der Waals surface area contributed by atoms with Gasteiger partial charge in [-0.15, -0.1) is 0 Å². The average molecular weight is 312 g/mol. The van der Waals surface area contributed by atoms with Crippen molar-refractivity contribution in [1.29, 1.82) is 0 Å². The Kier molecular flexibility index (Phi) is 3.00. The summed E-state index contributed by atoms with van der Waals surface area (Å²) < 4.78 is 13.4. The van der Waals surface area contributed by atoms with Crippen LogP contribution >= 0.6 is 0 Å². The second-order valence-electron chi connectivity index (χ2n) is 5.54. The van der Waals surface area contributed by atoms with Crippen molar-refractivity contribution in [3.05, 3.63) is 63.7 Å². The lowest BCUT2D eigenvalue weighted by Crippen LogP contribution is -2.36. The highest BCUT2D eigenvalue weighted by Gasteiger charge is 2.24. The zero-order valence-corrected chi connectivity index (χ0v) is 12.1. The zero-order valence-electron chi connectivity index (χ0n) is 12.1. The number of nitrogens with zero attached hydrogens (tertiary/aromatic N) is 2. The molecule has 116 valence electrons. The molecule has 3 aromatic rings. The summed E-state index contributed by atoms with van der Waals surface area (Å²) in [5, 5.41) is 0.534. The number of pyridine rings is 1. The number of fused-ring (bicyclic) bond motifs is 2. The van der Waals surface area contributed by atoms with E-state index >= 15 is 0 Å². The van der Waals surface area contributed by atoms with E-state index in [1.807, 2.05) is 0 Å². The van der Waals surface area contributed by atoms with Crippen molar-refractivity contribution in [2.75, 3.05) is 6.54 Å². The predicted molar refractivity (Wildman–Crippen MR) is 81.6 cm³/mol. The van der Waals surface area contributed by atoms with Gasteiger partial charge in [-0.1, -0.05) is 0 Å². The number of nitrogens with one attached hydrogen (secondary N) is 2. The van der Waals surface area contributed by atoms with E-state index in [1.165, 1.54) is 24.3 Å². The second-order valence-corrected chi connectivity index (χ2v) is 5.54.